The van der Waals surface area contributed by atoms with E-state index < -0.39 is 20.0 Å². The molecule has 2 N–H and O–H groups in total. The van der Waals surface area contributed by atoms with Crippen LogP contribution in [0.5, 0.6) is 5.75 Å². The quantitative estimate of drug-likeness (QED) is 0.470. The Morgan fingerprint density at radius 2 is 1.57 bits per heavy atom. The van der Waals surface area contributed by atoms with Crippen molar-refractivity contribution in [3.63, 3.8) is 0 Å². The van der Waals surface area contributed by atoms with Gasteiger partial charge in [-0.1, -0.05) is 31.4 Å². The van der Waals surface area contributed by atoms with Crippen molar-refractivity contribution < 1.29 is 26.4 Å². The molecule has 2 aromatic rings. The lowest BCUT2D eigenvalue weighted by Crippen LogP contribution is -2.36. The Kier molecular flexibility index (Phi) is 8.89. The molecular weight excluding hydrogens is 514 g/mol. The van der Waals surface area contributed by atoms with Crippen molar-refractivity contribution >= 4 is 26.0 Å². The molecule has 0 unspecified atom stereocenters. The minimum atomic E-state index is -3.61. The van der Waals surface area contributed by atoms with Crippen molar-refractivity contribution in [2.45, 2.75) is 74.2 Å². The standard InChI is InChI=1S/C26H35N3O6S2/c1-20-17-24(36(31,32)28-22-7-3-2-4-8-22)13-14-25(20)35-19-26(30)27-18-21-9-11-23(12-10-21)37(33,34)29-15-5-6-16-29/h9-14,17,22,28H,2-8,15-16,18-19H2,1H3,(H,27,30). The molecular formula is C26H35N3O6S2. The monoisotopic (exact) mass is 549 g/mol. The third-order valence-corrected chi connectivity index (χ3v) is 10.3. The van der Waals surface area contributed by atoms with Crippen molar-refractivity contribution in [1.29, 1.82) is 0 Å². The van der Waals surface area contributed by atoms with E-state index in [-0.39, 0.29) is 34.9 Å². The van der Waals surface area contributed by atoms with Crippen LogP contribution in [0.25, 0.3) is 0 Å². The Labute approximate surface area is 219 Å². The number of hydrogen-bond donors (Lipinski definition) is 2. The molecule has 0 aromatic heterocycles. The van der Waals surface area contributed by atoms with Crippen LogP contribution >= 0.6 is 0 Å². The van der Waals surface area contributed by atoms with Crippen molar-refractivity contribution in [3.05, 3.63) is 53.6 Å². The number of ether oxygens (including phenoxy) is 1. The Balaban J connectivity index is 1.26. The molecule has 2 aromatic carbocycles. The highest BCUT2D eigenvalue weighted by Gasteiger charge is 2.27. The highest BCUT2D eigenvalue weighted by molar-refractivity contribution is 7.89. The number of carbonyl (C=O) groups is 1. The van der Waals surface area contributed by atoms with E-state index in [4.69, 9.17) is 4.74 Å². The van der Waals surface area contributed by atoms with E-state index in [1.54, 1.807) is 43.3 Å². The van der Waals surface area contributed by atoms with Gasteiger partial charge in [0, 0.05) is 25.7 Å². The second kappa shape index (κ2) is 11.9. The smallest absolute Gasteiger partial charge is 0.258 e. The number of nitrogens with one attached hydrogen (secondary N) is 2. The fourth-order valence-electron chi connectivity index (χ4n) is 4.71. The molecule has 2 fully saturated rings. The summed E-state index contributed by atoms with van der Waals surface area (Å²) in [6.45, 7) is 2.85. The second-order valence-corrected chi connectivity index (χ2v) is 13.4. The third kappa shape index (κ3) is 7.10. The van der Waals surface area contributed by atoms with Crippen molar-refractivity contribution in [3.8, 4) is 5.75 Å². The van der Waals surface area contributed by atoms with Gasteiger partial charge in [0.15, 0.2) is 6.61 Å². The van der Waals surface area contributed by atoms with Crippen LogP contribution in [-0.4, -0.2) is 52.8 Å². The summed E-state index contributed by atoms with van der Waals surface area (Å²) in [6.07, 6.45) is 6.69. The van der Waals surface area contributed by atoms with Gasteiger partial charge in [-0.3, -0.25) is 4.79 Å². The largest absolute Gasteiger partial charge is 0.484 e. The van der Waals surface area contributed by atoms with E-state index in [0.717, 1.165) is 50.5 Å². The zero-order chi connectivity index (χ0) is 26.5. The summed E-state index contributed by atoms with van der Waals surface area (Å²) in [5.74, 6) is 0.0899. The summed E-state index contributed by atoms with van der Waals surface area (Å²) in [5.41, 5.74) is 1.39. The number of hydrogen-bond acceptors (Lipinski definition) is 6. The molecule has 4 rings (SSSR count). The number of benzene rings is 2. The van der Waals surface area contributed by atoms with Crippen LogP contribution < -0.4 is 14.8 Å². The van der Waals surface area contributed by atoms with Crippen LogP contribution in [0.3, 0.4) is 0 Å². The van der Waals surface area contributed by atoms with Gasteiger partial charge in [-0.15, -0.1) is 0 Å². The van der Waals surface area contributed by atoms with Gasteiger partial charge in [0.05, 0.1) is 9.79 Å². The molecule has 1 heterocycles. The number of aryl methyl sites for hydroxylation is 1. The predicted octanol–water partition coefficient (Wildman–Crippen LogP) is 3.09. The summed E-state index contributed by atoms with van der Waals surface area (Å²) in [5, 5.41) is 2.75. The summed E-state index contributed by atoms with van der Waals surface area (Å²) >= 11 is 0. The molecule has 1 saturated heterocycles. The minimum Gasteiger partial charge on any atom is -0.484 e. The molecule has 11 heteroatoms. The maximum Gasteiger partial charge on any atom is 0.258 e. The molecule has 2 aliphatic rings. The first-order valence-corrected chi connectivity index (χ1v) is 15.7. The van der Waals surface area contributed by atoms with Gasteiger partial charge < -0.3 is 10.1 Å². The average molecular weight is 550 g/mol. The predicted molar refractivity (Wildman–Crippen MR) is 140 cm³/mol. The van der Waals surface area contributed by atoms with E-state index in [1.807, 2.05) is 0 Å². The molecule has 0 bridgehead atoms. The molecule has 37 heavy (non-hydrogen) atoms. The van der Waals surface area contributed by atoms with E-state index in [2.05, 4.69) is 10.0 Å². The highest BCUT2D eigenvalue weighted by atomic mass is 32.2. The van der Waals surface area contributed by atoms with Crippen LogP contribution in [-0.2, 0) is 31.4 Å². The Bertz CT molecular complexity index is 1300. The normalized spacial score (nSPS) is 17.5. The Morgan fingerprint density at radius 1 is 0.919 bits per heavy atom. The lowest BCUT2D eigenvalue weighted by molar-refractivity contribution is -0.123. The number of carbonyl (C=O) groups excluding carboxylic acids is 1. The van der Waals surface area contributed by atoms with E-state index >= 15 is 0 Å². The molecule has 0 atom stereocenters. The minimum absolute atomic E-state index is 0.0237. The highest BCUT2D eigenvalue weighted by Crippen LogP contribution is 2.24. The molecule has 1 aliphatic carbocycles. The zero-order valence-electron chi connectivity index (χ0n) is 21.1. The van der Waals surface area contributed by atoms with E-state index in [0.29, 0.717) is 24.4 Å². The molecule has 1 aliphatic heterocycles. The van der Waals surface area contributed by atoms with Crippen LogP contribution in [0, 0.1) is 6.92 Å². The molecule has 202 valence electrons. The SMILES string of the molecule is Cc1cc(S(=O)(=O)NC2CCCCC2)ccc1OCC(=O)NCc1ccc(S(=O)(=O)N2CCCC2)cc1. The van der Waals surface area contributed by atoms with Gasteiger partial charge in [0.1, 0.15) is 5.75 Å². The number of sulfonamides is 2. The second-order valence-electron chi connectivity index (χ2n) is 9.70. The maximum absolute atomic E-state index is 12.7. The Morgan fingerprint density at radius 3 is 2.22 bits per heavy atom. The molecule has 1 amide bonds. The first-order chi connectivity index (χ1) is 17.6. The van der Waals surface area contributed by atoms with Gasteiger partial charge >= 0.3 is 0 Å². The van der Waals surface area contributed by atoms with Gasteiger partial charge in [0.25, 0.3) is 5.91 Å². The number of rotatable bonds is 10. The molecule has 9 nitrogen and oxygen atoms in total. The van der Waals surface area contributed by atoms with Crippen LogP contribution in [0.2, 0.25) is 0 Å². The lowest BCUT2D eigenvalue weighted by atomic mass is 9.96. The average Bonchev–Trinajstić information content (AvgIpc) is 3.43. The zero-order valence-corrected chi connectivity index (χ0v) is 22.7. The fourth-order valence-corrected chi connectivity index (χ4v) is 7.62. The number of amides is 1. The fraction of sp³-hybridized carbons (Fsp3) is 0.500. The molecule has 0 spiro atoms. The summed E-state index contributed by atoms with van der Waals surface area (Å²) in [6, 6.07) is 11.1. The van der Waals surface area contributed by atoms with E-state index in [9.17, 15) is 21.6 Å². The van der Waals surface area contributed by atoms with Crippen LogP contribution in [0.4, 0.5) is 0 Å². The van der Waals surface area contributed by atoms with Crippen molar-refractivity contribution in [2.24, 2.45) is 0 Å². The van der Waals surface area contributed by atoms with Crippen LogP contribution in [0.1, 0.15) is 56.1 Å². The van der Waals surface area contributed by atoms with Gasteiger partial charge in [-0.25, -0.2) is 21.6 Å². The number of nitrogens with zero attached hydrogens (tertiary/aromatic N) is 1. The molecule has 1 saturated carbocycles. The van der Waals surface area contributed by atoms with Gasteiger partial charge in [0.2, 0.25) is 20.0 Å². The lowest BCUT2D eigenvalue weighted by Gasteiger charge is -2.22. The Hall–Kier alpha value is -2.47. The third-order valence-electron chi connectivity index (χ3n) is 6.86. The van der Waals surface area contributed by atoms with Crippen molar-refractivity contribution in [2.75, 3.05) is 19.7 Å². The van der Waals surface area contributed by atoms with Gasteiger partial charge in [-0.05, 0) is 74.1 Å². The summed E-state index contributed by atoms with van der Waals surface area (Å²) in [4.78, 5) is 12.7. The van der Waals surface area contributed by atoms with E-state index in [1.165, 1.54) is 10.4 Å². The summed E-state index contributed by atoms with van der Waals surface area (Å²) in [7, 11) is -7.08. The van der Waals surface area contributed by atoms with Crippen LogP contribution in [0.15, 0.2) is 52.3 Å². The first-order valence-electron chi connectivity index (χ1n) is 12.8. The topological polar surface area (TPSA) is 122 Å². The van der Waals surface area contributed by atoms with Gasteiger partial charge in [-0.2, -0.15) is 4.31 Å². The van der Waals surface area contributed by atoms with Crippen molar-refractivity contribution in [1.82, 2.24) is 14.3 Å². The maximum atomic E-state index is 12.7. The first kappa shape index (κ1) is 27.6. The molecule has 0 radical (unpaired) electrons. The summed E-state index contributed by atoms with van der Waals surface area (Å²) < 4.78 is 60.6.